The molecule has 0 bridgehead atoms. The van der Waals surface area contributed by atoms with Gasteiger partial charge in [-0.25, -0.2) is 4.39 Å². The standard InChI is InChI=1S/C20H16Br2FNO3S/c1-2-6-24-19(25)17(28-20(24)26)10-13-8-15(21)18(16(22)9-13)27-11-12-4-3-5-14(23)7-12/h3-5,7-10H,2,6,11H2,1H3/b17-10+. The average molecular weight is 529 g/mol. The second-order valence-corrected chi connectivity index (χ2v) is 8.77. The van der Waals surface area contributed by atoms with Crippen LogP contribution < -0.4 is 4.74 Å². The van der Waals surface area contributed by atoms with Gasteiger partial charge in [-0.2, -0.15) is 0 Å². The number of hydrogen-bond acceptors (Lipinski definition) is 4. The normalized spacial score (nSPS) is 15.6. The van der Waals surface area contributed by atoms with Gasteiger partial charge in [0.15, 0.2) is 0 Å². The van der Waals surface area contributed by atoms with Crippen LogP contribution >= 0.6 is 43.6 Å². The van der Waals surface area contributed by atoms with E-state index in [1.807, 2.05) is 6.92 Å². The number of nitrogens with zero attached hydrogens (tertiary/aromatic N) is 1. The lowest BCUT2D eigenvalue weighted by atomic mass is 10.2. The van der Waals surface area contributed by atoms with Crippen molar-refractivity contribution >= 4 is 60.8 Å². The summed E-state index contributed by atoms with van der Waals surface area (Å²) in [5.74, 6) is -0.0115. The molecule has 0 saturated carbocycles. The molecule has 2 aromatic rings. The molecule has 0 N–H and O–H groups in total. The highest BCUT2D eigenvalue weighted by Crippen LogP contribution is 2.38. The summed E-state index contributed by atoms with van der Waals surface area (Å²) >= 11 is 7.89. The smallest absolute Gasteiger partial charge is 0.293 e. The van der Waals surface area contributed by atoms with Gasteiger partial charge in [-0.1, -0.05) is 19.1 Å². The number of rotatable bonds is 6. The highest BCUT2D eigenvalue weighted by Gasteiger charge is 2.34. The van der Waals surface area contributed by atoms with Crippen molar-refractivity contribution in [3.63, 3.8) is 0 Å². The van der Waals surface area contributed by atoms with Crippen molar-refractivity contribution in [1.82, 2.24) is 4.90 Å². The molecule has 0 unspecified atom stereocenters. The van der Waals surface area contributed by atoms with Crippen LogP contribution in [0, 0.1) is 5.82 Å². The van der Waals surface area contributed by atoms with E-state index in [0.29, 0.717) is 31.7 Å². The van der Waals surface area contributed by atoms with Crippen molar-refractivity contribution in [3.05, 3.63) is 67.2 Å². The molecule has 1 heterocycles. The molecule has 0 spiro atoms. The van der Waals surface area contributed by atoms with Crippen LogP contribution in [0.5, 0.6) is 5.75 Å². The molecule has 3 rings (SSSR count). The van der Waals surface area contributed by atoms with Gasteiger partial charge < -0.3 is 4.74 Å². The fourth-order valence-electron chi connectivity index (χ4n) is 2.65. The predicted molar refractivity (Wildman–Crippen MR) is 116 cm³/mol. The van der Waals surface area contributed by atoms with Crippen molar-refractivity contribution in [2.45, 2.75) is 20.0 Å². The molecule has 146 valence electrons. The number of carbonyl (C=O) groups excluding carboxylic acids is 2. The zero-order valence-corrected chi connectivity index (χ0v) is 18.9. The quantitative estimate of drug-likeness (QED) is 0.408. The molecular weight excluding hydrogens is 513 g/mol. The van der Waals surface area contributed by atoms with Crippen molar-refractivity contribution in [1.29, 1.82) is 0 Å². The lowest BCUT2D eigenvalue weighted by Crippen LogP contribution is -2.28. The van der Waals surface area contributed by atoms with Gasteiger partial charge in [0, 0.05) is 6.54 Å². The van der Waals surface area contributed by atoms with Crippen molar-refractivity contribution in [2.24, 2.45) is 0 Å². The van der Waals surface area contributed by atoms with Crippen LogP contribution in [0.3, 0.4) is 0 Å². The third kappa shape index (κ3) is 4.85. The molecule has 1 aliphatic heterocycles. The molecule has 0 aromatic heterocycles. The molecule has 0 aliphatic carbocycles. The average Bonchev–Trinajstić information content (AvgIpc) is 2.89. The fourth-order valence-corrected chi connectivity index (χ4v) is 4.97. The largest absolute Gasteiger partial charge is 0.487 e. The third-order valence-corrected chi connectivity index (χ3v) is 6.00. The van der Waals surface area contributed by atoms with E-state index in [1.54, 1.807) is 30.3 Å². The molecule has 1 saturated heterocycles. The summed E-state index contributed by atoms with van der Waals surface area (Å²) in [6, 6.07) is 9.83. The first-order valence-electron chi connectivity index (χ1n) is 8.50. The Morgan fingerprint density at radius 2 is 1.89 bits per heavy atom. The second-order valence-electron chi connectivity index (χ2n) is 6.07. The maximum atomic E-state index is 13.3. The Labute approximate surface area is 183 Å². The van der Waals surface area contributed by atoms with Gasteiger partial charge in [0.2, 0.25) is 0 Å². The number of ether oxygens (including phenoxy) is 1. The summed E-state index contributed by atoms with van der Waals surface area (Å²) in [4.78, 5) is 26.0. The monoisotopic (exact) mass is 527 g/mol. The summed E-state index contributed by atoms with van der Waals surface area (Å²) in [7, 11) is 0. The topological polar surface area (TPSA) is 46.6 Å². The van der Waals surface area contributed by atoms with E-state index in [2.05, 4.69) is 31.9 Å². The van der Waals surface area contributed by atoms with Gasteiger partial charge in [0.1, 0.15) is 18.2 Å². The molecule has 4 nitrogen and oxygen atoms in total. The van der Waals surface area contributed by atoms with Crippen LogP contribution in [-0.2, 0) is 11.4 Å². The van der Waals surface area contributed by atoms with Crippen LogP contribution in [0.1, 0.15) is 24.5 Å². The minimum absolute atomic E-state index is 0.213. The molecule has 2 amide bonds. The first-order chi connectivity index (χ1) is 13.4. The number of benzene rings is 2. The molecule has 28 heavy (non-hydrogen) atoms. The molecule has 1 fully saturated rings. The summed E-state index contributed by atoms with van der Waals surface area (Å²) in [5, 5.41) is -0.244. The fraction of sp³-hybridized carbons (Fsp3) is 0.200. The number of hydrogen-bond donors (Lipinski definition) is 0. The van der Waals surface area contributed by atoms with Crippen LogP contribution in [0.15, 0.2) is 50.2 Å². The van der Waals surface area contributed by atoms with E-state index in [1.165, 1.54) is 17.0 Å². The first kappa shape index (κ1) is 21.1. The van der Waals surface area contributed by atoms with E-state index >= 15 is 0 Å². The van der Waals surface area contributed by atoms with E-state index in [-0.39, 0.29) is 23.6 Å². The minimum Gasteiger partial charge on any atom is -0.487 e. The van der Waals surface area contributed by atoms with E-state index in [0.717, 1.165) is 23.7 Å². The zero-order valence-electron chi connectivity index (χ0n) is 14.9. The molecule has 1 aliphatic rings. The molecular formula is C20H16Br2FNO3S. The van der Waals surface area contributed by atoms with Crippen LogP contribution in [0.25, 0.3) is 6.08 Å². The van der Waals surface area contributed by atoms with E-state index in [9.17, 15) is 14.0 Å². The molecule has 0 radical (unpaired) electrons. The lowest BCUT2D eigenvalue weighted by molar-refractivity contribution is -0.122. The lowest BCUT2D eigenvalue weighted by Gasteiger charge is -2.12. The number of carbonyl (C=O) groups is 2. The SMILES string of the molecule is CCCN1C(=O)S/C(=C/c2cc(Br)c(OCc3cccc(F)c3)c(Br)c2)C1=O. The number of amides is 2. The highest BCUT2D eigenvalue weighted by atomic mass is 79.9. The molecule has 8 heteroatoms. The Bertz CT molecular complexity index is 941. The van der Waals surface area contributed by atoms with E-state index < -0.39 is 0 Å². The van der Waals surface area contributed by atoms with Gasteiger partial charge >= 0.3 is 0 Å². The Morgan fingerprint density at radius 1 is 1.18 bits per heavy atom. The molecule has 2 aromatic carbocycles. The maximum absolute atomic E-state index is 13.3. The van der Waals surface area contributed by atoms with Crippen molar-refractivity contribution < 1.29 is 18.7 Å². The Hall–Kier alpha value is -1.64. The first-order valence-corrected chi connectivity index (χ1v) is 10.9. The van der Waals surface area contributed by atoms with Gasteiger partial charge in [0.25, 0.3) is 11.1 Å². The maximum Gasteiger partial charge on any atom is 0.293 e. The molecule has 0 atom stereocenters. The Kier molecular flexibility index (Phi) is 6.95. The summed E-state index contributed by atoms with van der Waals surface area (Å²) in [6.07, 6.45) is 2.41. The minimum atomic E-state index is -0.313. The number of halogens is 3. The van der Waals surface area contributed by atoms with Crippen LogP contribution in [0.4, 0.5) is 9.18 Å². The van der Waals surface area contributed by atoms with E-state index in [4.69, 9.17) is 4.74 Å². The van der Waals surface area contributed by atoms with Crippen molar-refractivity contribution in [2.75, 3.05) is 6.54 Å². The van der Waals surface area contributed by atoms with Crippen LogP contribution in [0.2, 0.25) is 0 Å². The van der Waals surface area contributed by atoms with Gasteiger partial charge in [-0.15, -0.1) is 0 Å². The highest BCUT2D eigenvalue weighted by molar-refractivity contribution is 9.11. The van der Waals surface area contributed by atoms with Gasteiger partial charge in [0.05, 0.1) is 13.9 Å². The number of thioether (sulfide) groups is 1. The number of imide groups is 1. The predicted octanol–water partition coefficient (Wildman–Crippen LogP) is 6.38. The summed E-state index contributed by atoms with van der Waals surface area (Å²) in [6.45, 7) is 2.55. The van der Waals surface area contributed by atoms with Crippen LogP contribution in [-0.4, -0.2) is 22.6 Å². The Balaban J connectivity index is 1.78. The summed E-state index contributed by atoms with van der Waals surface area (Å²) in [5.41, 5.74) is 1.46. The zero-order chi connectivity index (χ0) is 20.3. The van der Waals surface area contributed by atoms with Crippen molar-refractivity contribution in [3.8, 4) is 5.75 Å². The third-order valence-electron chi connectivity index (χ3n) is 3.91. The van der Waals surface area contributed by atoms with Gasteiger partial charge in [-0.05, 0) is 91.5 Å². The second kappa shape index (κ2) is 9.24. The summed E-state index contributed by atoms with van der Waals surface area (Å²) < 4.78 is 20.5. The Morgan fingerprint density at radius 3 is 2.54 bits per heavy atom. The van der Waals surface area contributed by atoms with Gasteiger partial charge in [-0.3, -0.25) is 14.5 Å².